The number of fused-ring (bicyclic) bond motifs is 6. The molecule has 364 valence electrons. The molecule has 4 aromatic carbocycles. The van der Waals surface area contributed by atoms with Crippen molar-refractivity contribution in [3.05, 3.63) is 132 Å². The Bertz CT molecular complexity index is 3610. The van der Waals surface area contributed by atoms with Gasteiger partial charge in [-0.1, -0.05) is 48.5 Å². The minimum absolute atomic E-state index is 0.0583. The van der Waals surface area contributed by atoms with Gasteiger partial charge < -0.3 is 30.7 Å². The Kier molecular flexibility index (Phi) is 10.3. The van der Waals surface area contributed by atoms with Crippen molar-refractivity contribution < 1.29 is 13.6 Å². The molecule has 2 saturated heterocycles. The van der Waals surface area contributed by atoms with Crippen LogP contribution in [0.2, 0.25) is 0 Å². The number of piperidine rings is 2. The number of aromatic amines is 2. The molecule has 8 heterocycles. The highest BCUT2D eigenvalue weighted by Crippen LogP contribution is 2.64. The van der Waals surface area contributed by atoms with E-state index < -0.39 is 0 Å². The molecule has 18 heteroatoms. The van der Waals surface area contributed by atoms with Crippen molar-refractivity contribution in [2.75, 3.05) is 60.5 Å². The van der Waals surface area contributed by atoms with Crippen LogP contribution in [-0.4, -0.2) is 102 Å². The lowest BCUT2D eigenvalue weighted by Gasteiger charge is -2.26. The van der Waals surface area contributed by atoms with Crippen LogP contribution in [0.25, 0.3) is 55.9 Å². The Morgan fingerprint density at radius 2 is 1.24 bits per heavy atom. The van der Waals surface area contributed by atoms with Gasteiger partial charge in [-0.25, -0.2) is 33.7 Å². The van der Waals surface area contributed by atoms with Crippen LogP contribution in [-0.2, 0) is 29.1 Å². The zero-order valence-electron chi connectivity index (χ0n) is 39.9. The first-order chi connectivity index (χ1) is 35.1. The van der Waals surface area contributed by atoms with Crippen LogP contribution in [0.3, 0.4) is 0 Å². The van der Waals surface area contributed by atoms with Gasteiger partial charge in [-0.05, 0) is 96.0 Å². The first-order valence-electron chi connectivity index (χ1n) is 24.8. The Morgan fingerprint density at radius 3 is 1.78 bits per heavy atom. The summed E-state index contributed by atoms with van der Waals surface area (Å²) in [5.74, 6) is 2.71. The summed E-state index contributed by atoms with van der Waals surface area (Å²) in [5.41, 5.74) is 23.7. The molecule has 5 aromatic heterocycles. The van der Waals surface area contributed by atoms with Crippen LogP contribution in [0.4, 0.5) is 26.1 Å². The summed E-state index contributed by atoms with van der Waals surface area (Å²) in [5, 5.41) is 15.2. The van der Waals surface area contributed by atoms with Crippen LogP contribution in [0.15, 0.2) is 104 Å². The largest absolute Gasteiger partial charge is 0.355 e. The lowest BCUT2D eigenvalue weighted by molar-refractivity contribution is -0.116. The lowest BCUT2D eigenvalue weighted by Crippen LogP contribution is -2.32. The van der Waals surface area contributed by atoms with Gasteiger partial charge in [0, 0.05) is 87.4 Å². The van der Waals surface area contributed by atoms with Gasteiger partial charge in [0.15, 0.2) is 11.3 Å². The third-order valence-corrected chi connectivity index (χ3v) is 16.9. The molecule has 3 aliphatic heterocycles. The molecule has 5 aliphatic rings. The number of aryl methyl sites for hydroxylation is 1. The quantitative estimate of drug-likeness (QED) is 0.124. The molecule has 2 aliphatic carbocycles. The molecule has 6 N–H and O–H groups in total. The summed E-state index contributed by atoms with van der Waals surface area (Å²) in [6, 6.07) is 26.3. The van der Waals surface area contributed by atoms with Crippen molar-refractivity contribution in [2.24, 2.45) is 42.2 Å². The number of hydrogen-bond donors (Lipinski definition) is 4. The predicted octanol–water partition coefficient (Wildman–Crippen LogP) is 6.82. The average molecular weight is 966 g/mol. The van der Waals surface area contributed by atoms with Gasteiger partial charge in [0.25, 0.3) is 0 Å². The molecule has 1 amide bonds. The third-order valence-electron chi connectivity index (χ3n) is 16.9. The molecular formula is C54H53F2N15O. The summed E-state index contributed by atoms with van der Waals surface area (Å²) in [4.78, 5) is 41.8. The number of benzene rings is 4. The second-order valence-corrected chi connectivity index (χ2v) is 20.2. The number of H-pyrrole nitrogens is 2. The summed E-state index contributed by atoms with van der Waals surface area (Å²) in [6.07, 6.45) is 8.15. The van der Waals surface area contributed by atoms with E-state index in [0.717, 1.165) is 119 Å². The second-order valence-electron chi connectivity index (χ2n) is 20.2. The van der Waals surface area contributed by atoms with Crippen LogP contribution in [0.1, 0.15) is 36.5 Å². The van der Waals surface area contributed by atoms with E-state index >= 15 is 0 Å². The molecule has 72 heavy (non-hydrogen) atoms. The van der Waals surface area contributed by atoms with E-state index in [9.17, 15) is 13.6 Å². The Labute approximate surface area is 412 Å². The normalized spacial score (nSPS) is 24.0. The smallest absolute Gasteiger partial charge is 0.223 e. The number of aromatic nitrogens is 10. The number of carbonyl (C=O) groups is 1. The van der Waals surface area contributed by atoms with E-state index in [0.29, 0.717) is 60.1 Å². The Hall–Kier alpha value is -7.70. The van der Waals surface area contributed by atoms with Gasteiger partial charge in [-0.2, -0.15) is 10.2 Å². The van der Waals surface area contributed by atoms with Gasteiger partial charge in [-0.15, -0.1) is 0 Å². The molecule has 0 spiro atoms. The minimum Gasteiger partial charge on any atom is -0.355 e. The van der Waals surface area contributed by atoms with Crippen LogP contribution in [0.5, 0.6) is 0 Å². The van der Waals surface area contributed by atoms with Crippen molar-refractivity contribution in [1.82, 2.24) is 49.9 Å². The van der Waals surface area contributed by atoms with E-state index in [4.69, 9.17) is 31.4 Å². The summed E-state index contributed by atoms with van der Waals surface area (Å²) < 4.78 is 31.4. The second kappa shape index (κ2) is 16.7. The van der Waals surface area contributed by atoms with Crippen molar-refractivity contribution in [2.45, 2.75) is 37.0 Å². The lowest BCUT2D eigenvalue weighted by atomic mass is 9.91. The van der Waals surface area contributed by atoms with Crippen molar-refractivity contribution >= 4 is 56.6 Å². The van der Waals surface area contributed by atoms with Gasteiger partial charge in [-0.3, -0.25) is 15.0 Å². The highest BCUT2D eigenvalue weighted by molar-refractivity contribution is 5.95. The number of halogens is 2. The maximum absolute atomic E-state index is 14.7. The number of nitrogens with one attached hydrogen (secondary N) is 2. The molecule has 16 nitrogen and oxygen atoms in total. The standard InChI is InChI=1S/C28H28FN7O.C26H25FN8/c1-16(37)36-11-8-17-12-18(6-7-23(17)36)25-26-27(34-33-25)32-24(13-31-26)35-10-9-19-21(14-35)28(19,15-30)20-4-2-3-5-22(20)29;1-34-14-30-20-7-6-15(10-21(20)34)23-24-25(33-32-23)31-22(11-29-24)35-9-8-16-18(12-35)26(16,13-28)17-4-2-3-5-19(17)27/h2-7,12-13,19,21H,8-11,14-15,30H2,1H3,(H,32,33,34);2-7,10-11,14,16,18H,8-9,12-13,28H2,1H3,(H,31,32,33)/t19-,21+,28-;16-,18+,26-/m11/s1. The summed E-state index contributed by atoms with van der Waals surface area (Å²) >= 11 is 0. The molecular weight excluding hydrogens is 913 g/mol. The van der Waals surface area contributed by atoms with E-state index in [1.165, 1.54) is 12.1 Å². The third kappa shape index (κ3) is 6.75. The molecule has 2 saturated carbocycles. The monoisotopic (exact) mass is 965 g/mol. The fourth-order valence-corrected chi connectivity index (χ4v) is 13.1. The maximum Gasteiger partial charge on any atom is 0.223 e. The average Bonchev–Trinajstić information content (AvgIpc) is 3.74. The first kappa shape index (κ1) is 44.3. The highest BCUT2D eigenvalue weighted by Gasteiger charge is 2.67. The molecule has 4 fully saturated rings. The minimum atomic E-state index is -0.301. The Morgan fingerprint density at radius 1 is 0.694 bits per heavy atom. The zero-order chi connectivity index (χ0) is 49.0. The summed E-state index contributed by atoms with van der Waals surface area (Å²) in [6.45, 7) is 6.43. The number of rotatable bonds is 8. The van der Waals surface area contributed by atoms with Crippen molar-refractivity contribution in [3.8, 4) is 22.5 Å². The van der Waals surface area contributed by atoms with Crippen molar-refractivity contribution in [1.29, 1.82) is 0 Å². The number of hydrogen-bond acceptors (Lipinski definition) is 12. The fraction of sp³-hybridized carbons (Fsp3) is 0.333. The number of carbonyl (C=O) groups excluding carboxylic acids is 1. The van der Waals surface area contributed by atoms with Crippen LogP contribution < -0.4 is 26.2 Å². The van der Waals surface area contributed by atoms with Gasteiger partial charge in [0.05, 0.1) is 29.8 Å². The number of amides is 1. The van der Waals surface area contributed by atoms with Gasteiger partial charge in [0.1, 0.15) is 45.7 Å². The number of anilines is 3. The molecule has 0 bridgehead atoms. The number of nitrogens with zero attached hydrogens (tertiary/aromatic N) is 11. The SMILES string of the molecule is CC(=O)N1CCc2cc(-c3n[nH]c4nc(N5CC[C@@H]6[C@H](C5)[C@@]6(CN)c5ccccc5F)cnc34)ccc21.Cn1cnc2ccc(-c3n[nH]c4nc(N5CC[C@@H]6[C@H](C5)[C@@]6(CN)c5ccccc5F)cnc34)cc21. The number of imidazole rings is 1. The predicted molar refractivity (Wildman–Crippen MR) is 272 cm³/mol. The van der Waals surface area contributed by atoms with E-state index in [2.05, 4.69) is 47.3 Å². The topological polar surface area (TPSA) is 206 Å². The van der Waals surface area contributed by atoms with Gasteiger partial charge >= 0.3 is 0 Å². The zero-order valence-corrected chi connectivity index (χ0v) is 39.9. The number of nitrogens with two attached hydrogens (primary N) is 2. The first-order valence-corrected chi connectivity index (χ1v) is 24.8. The fourth-order valence-electron chi connectivity index (χ4n) is 13.1. The van der Waals surface area contributed by atoms with E-state index in [-0.39, 0.29) is 28.4 Å². The van der Waals surface area contributed by atoms with Crippen molar-refractivity contribution in [3.63, 3.8) is 0 Å². The molecule has 6 atom stereocenters. The van der Waals surface area contributed by atoms with E-state index in [1.54, 1.807) is 25.4 Å². The molecule has 0 unspecified atom stereocenters. The van der Waals surface area contributed by atoms with Gasteiger partial charge in [0.2, 0.25) is 5.91 Å². The Balaban J connectivity index is 0.000000140. The van der Waals surface area contributed by atoms with E-state index in [1.807, 2.05) is 77.4 Å². The van der Waals surface area contributed by atoms with Crippen LogP contribution >= 0.6 is 0 Å². The maximum atomic E-state index is 14.7. The summed E-state index contributed by atoms with van der Waals surface area (Å²) in [7, 11) is 1.97. The molecule has 9 aromatic rings. The highest BCUT2D eigenvalue weighted by atomic mass is 19.1. The molecule has 0 radical (unpaired) electrons. The van der Waals surface area contributed by atoms with Crippen LogP contribution in [0, 0.1) is 35.3 Å². The molecule has 14 rings (SSSR count).